The first kappa shape index (κ1) is 19.7. The van der Waals surface area contributed by atoms with Crippen molar-refractivity contribution >= 4 is 21.4 Å². The molecule has 2 aromatic rings. The summed E-state index contributed by atoms with van der Waals surface area (Å²) in [6.07, 6.45) is 2.40. The van der Waals surface area contributed by atoms with Gasteiger partial charge in [-0.3, -0.25) is 4.72 Å². The van der Waals surface area contributed by atoms with E-state index < -0.39 is 14.8 Å². The Morgan fingerprint density at radius 2 is 1.74 bits per heavy atom. The number of fused-ring (bicyclic) bond motifs is 1. The van der Waals surface area contributed by atoms with E-state index in [1.165, 1.54) is 23.1 Å². The third-order valence-corrected chi connectivity index (χ3v) is 7.44. The van der Waals surface area contributed by atoms with E-state index in [0.717, 1.165) is 17.7 Å². The van der Waals surface area contributed by atoms with Gasteiger partial charge in [0.25, 0.3) is 0 Å². The first-order chi connectivity index (χ1) is 12.6. The van der Waals surface area contributed by atoms with E-state index in [4.69, 9.17) is 0 Å². The molecule has 0 bridgehead atoms. The standard InChI is InChI=1S/C22H30N2O2S/c1-15-6-9-18-13-20(12-16(2)21(15)18)23-14-17-7-10-19(11-8-17)24-27(25,26)22(3,4)5/h7-8,10-13,15,23-24H,6,9,14H2,1-5H3. The van der Waals surface area contributed by atoms with Gasteiger partial charge in [0, 0.05) is 17.9 Å². The minimum absolute atomic E-state index is 0.594. The number of benzene rings is 2. The van der Waals surface area contributed by atoms with Crippen molar-refractivity contribution in [3.8, 4) is 0 Å². The van der Waals surface area contributed by atoms with E-state index >= 15 is 0 Å². The first-order valence-corrected chi connectivity index (χ1v) is 11.0. The van der Waals surface area contributed by atoms with Crippen LogP contribution in [-0.4, -0.2) is 13.2 Å². The quantitative estimate of drug-likeness (QED) is 0.743. The molecule has 0 amide bonds. The van der Waals surface area contributed by atoms with Crippen LogP contribution in [0.1, 0.15) is 62.3 Å². The van der Waals surface area contributed by atoms with Crippen molar-refractivity contribution in [2.24, 2.45) is 0 Å². The molecule has 0 spiro atoms. The van der Waals surface area contributed by atoms with Crippen molar-refractivity contribution in [2.45, 2.75) is 64.7 Å². The first-order valence-electron chi connectivity index (χ1n) is 9.55. The maximum atomic E-state index is 12.2. The highest BCUT2D eigenvalue weighted by Crippen LogP contribution is 2.37. The molecular weight excluding hydrogens is 356 g/mol. The Morgan fingerprint density at radius 1 is 1.07 bits per heavy atom. The van der Waals surface area contributed by atoms with Gasteiger partial charge >= 0.3 is 0 Å². The fourth-order valence-electron chi connectivity index (χ4n) is 3.60. The molecular formula is C22H30N2O2S. The highest BCUT2D eigenvalue weighted by molar-refractivity contribution is 7.94. The molecule has 5 heteroatoms. The molecule has 0 radical (unpaired) electrons. The van der Waals surface area contributed by atoms with Gasteiger partial charge in [-0.15, -0.1) is 0 Å². The van der Waals surface area contributed by atoms with Gasteiger partial charge in [-0.25, -0.2) is 8.42 Å². The van der Waals surface area contributed by atoms with Crippen LogP contribution in [0.3, 0.4) is 0 Å². The van der Waals surface area contributed by atoms with E-state index in [-0.39, 0.29) is 0 Å². The van der Waals surface area contributed by atoms with Crippen molar-refractivity contribution in [1.82, 2.24) is 0 Å². The molecule has 1 aliphatic rings. The van der Waals surface area contributed by atoms with Crippen LogP contribution in [0.4, 0.5) is 11.4 Å². The summed E-state index contributed by atoms with van der Waals surface area (Å²) < 4.78 is 26.3. The van der Waals surface area contributed by atoms with Crippen LogP contribution in [-0.2, 0) is 23.0 Å². The third kappa shape index (κ3) is 4.29. The molecule has 2 aromatic carbocycles. The molecule has 0 aliphatic heterocycles. The molecule has 0 aromatic heterocycles. The van der Waals surface area contributed by atoms with Crippen LogP contribution in [0.15, 0.2) is 36.4 Å². The van der Waals surface area contributed by atoms with E-state index in [0.29, 0.717) is 18.2 Å². The normalized spacial score (nSPS) is 16.9. The summed E-state index contributed by atoms with van der Waals surface area (Å²) in [5, 5.41) is 3.50. The minimum atomic E-state index is -3.40. The summed E-state index contributed by atoms with van der Waals surface area (Å²) in [4.78, 5) is 0. The van der Waals surface area contributed by atoms with Crippen molar-refractivity contribution < 1.29 is 8.42 Å². The average molecular weight is 387 g/mol. The van der Waals surface area contributed by atoms with Crippen LogP contribution in [0.5, 0.6) is 0 Å². The van der Waals surface area contributed by atoms with Gasteiger partial charge in [-0.05, 0) is 93.0 Å². The van der Waals surface area contributed by atoms with Gasteiger partial charge in [-0.1, -0.05) is 19.1 Å². The molecule has 0 saturated heterocycles. The second-order valence-corrected chi connectivity index (χ2v) is 11.0. The van der Waals surface area contributed by atoms with Crippen molar-refractivity contribution in [3.05, 3.63) is 58.7 Å². The summed E-state index contributed by atoms with van der Waals surface area (Å²) in [7, 11) is -3.40. The van der Waals surface area contributed by atoms with Gasteiger partial charge < -0.3 is 5.32 Å². The summed E-state index contributed by atoms with van der Waals surface area (Å²) in [5.74, 6) is 0.665. The average Bonchev–Trinajstić information content (AvgIpc) is 2.94. The molecule has 3 rings (SSSR count). The molecule has 2 N–H and O–H groups in total. The van der Waals surface area contributed by atoms with Gasteiger partial charge in [0.2, 0.25) is 10.0 Å². The van der Waals surface area contributed by atoms with Gasteiger partial charge in [0.15, 0.2) is 0 Å². The van der Waals surface area contributed by atoms with Crippen LogP contribution in [0, 0.1) is 6.92 Å². The Bertz CT molecular complexity index is 926. The van der Waals surface area contributed by atoms with Crippen molar-refractivity contribution in [1.29, 1.82) is 0 Å². The zero-order valence-corrected chi connectivity index (χ0v) is 17.7. The smallest absolute Gasteiger partial charge is 0.237 e. The zero-order valence-electron chi connectivity index (χ0n) is 16.9. The molecule has 0 heterocycles. The molecule has 27 heavy (non-hydrogen) atoms. The molecule has 4 nitrogen and oxygen atoms in total. The Balaban J connectivity index is 1.65. The van der Waals surface area contributed by atoms with Crippen LogP contribution in [0.25, 0.3) is 0 Å². The predicted octanol–water partition coefficient (Wildman–Crippen LogP) is 5.20. The SMILES string of the molecule is Cc1cc(NCc2ccc(NS(=O)(=O)C(C)(C)C)cc2)cc2c1C(C)CC2. The van der Waals surface area contributed by atoms with Gasteiger partial charge in [-0.2, -0.15) is 0 Å². The maximum absolute atomic E-state index is 12.2. The van der Waals surface area contributed by atoms with Crippen LogP contribution in [0.2, 0.25) is 0 Å². The third-order valence-electron chi connectivity index (χ3n) is 5.32. The molecule has 146 valence electrons. The lowest BCUT2D eigenvalue weighted by molar-refractivity contribution is 0.566. The van der Waals surface area contributed by atoms with E-state index in [9.17, 15) is 8.42 Å². The second kappa shape index (κ2) is 7.19. The highest BCUT2D eigenvalue weighted by Gasteiger charge is 2.28. The largest absolute Gasteiger partial charge is 0.381 e. The number of nitrogens with one attached hydrogen (secondary N) is 2. The Morgan fingerprint density at radius 3 is 2.37 bits per heavy atom. The second-order valence-electron chi connectivity index (χ2n) is 8.57. The number of rotatable bonds is 5. The monoisotopic (exact) mass is 386 g/mol. The number of hydrogen-bond donors (Lipinski definition) is 2. The predicted molar refractivity (Wildman–Crippen MR) is 114 cm³/mol. The maximum Gasteiger partial charge on any atom is 0.237 e. The summed E-state index contributed by atoms with van der Waals surface area (Å²) in [5.41, 5.74) is 7.22. The summed E-state index contributed by atoms with van der Waals surface area (Å²) >= 11 is 0. The number of aryl methyl sites for hydroxylation is 2. The number of anilines is 2. The molecule has 1 aliphatic carbocycles. The summed E-state index contributed by atoms with van der Waals surface area (Å²) in [6.45, 7) is 10.3. The van der Waals surface area contributed by atoms with Gasteiger partial charge in [0.05, 0.1) is 4.75 Å². The highest BCUT2D eigenvalue weighted by atomic mass is 32.2. The molecule has 1 atom stereocenters. The van der Waals surface area contributed by atoms with Gasteiger partial charge in [0.1, 0.15) is 0 Å². The van der Waals surface area contributed by atoms with E-state index in [1.54, 1.807) is 20.8 Å². The molecule has 0 fully saturated rings. The van der Waals surface area contributed by atoms with Crippen LogP contribution >= 0.6 is 0 Å². The summed E-state index contributed by atoms with van der Waals surface area (Å²) in [6, 6.07) is 12.0. The Labute approximate surface area is 163 Å². The van der Waals surface area contributed by atoms with Crippen LogP contribution < -0.4 is 10.0 Å². The topological polar surface area (TPSA) is 58.2 Å². The Hall–Kier alpha value is -2.01. The molecule has 1 unspecified atom stereocenters. The lowest BCUT2D eigenvalue weighted by atomic mass is 9.97. The lowest BCUT2D eigenvalue weighted by Crippen LogP contribution is -2.33. The fourth-order valence-corrected chi connectivity index (χ4v) is 4.36. The van der Waals surface area contributed by atoms with Crippen molar-refractivity contribution in [2.75, 3.05) is 10.0 Å². The van der Waals surface area contributed by atoms with Crippen molar-refractivity contribution in [3.63, 3.8) is 0 Å². The number of sulfonamides is 1. The molecule has 0 saturated carbocycles. The Kier molecular flexibility index (Phi) is 5.26. The minimum Gasteiger partial charge on any atom is -0.381 e. The lowest BCUT2D eigenvalue weighted by Gasteiger charge is -2.20. The zero-order chi connectivity index (χ0) is 19.8. The fraction of sp³-hybridized carbons (Fsp3) is 0.455. The van der Waals surface area contributed by atoms with E-state index in [2.05, 4.69) is 36.0 Å². The number of hydrogen-bond acceptors (Lipinski definition) is 3. The van der Waals surface area contributed by atoms with E-state index in [1.807, 2.05) is 24.3 Å².